The van der Waals surface area contributed by atoms with Crippen LogP contribution in [0.5, 0.6) is 17.2 Å². The number of ether oxygens (including phenoxy) is 3. The Hall–Kier alpha value is -2.90. The summed E-state index contributed by atoms with van der Waals surface area (Å²) in [4.78, 5) is 13.7. The number of rotatable bonds is 5. The maximum Gasteiger partial charge on any atom is 0.416 e. The standard InChI is InChI=1S/C21H22F3NO4/c1-4-25(3)20(26)13(2)29-17-10-15(9-16(12-17)21(22,23)24)14-5-6-18-19(11-14)28-8-7-27-18/h5-6,9-13H,4,7-8H2,1-3H3. The first kappa shape index (κ1) is 20.8. The van der Waals surface area contributed by atoms with Crippen LogP contribution < -0.4 is 14.2 Å². The van der Waals surface area contributed by atoms with Crippen molar-refractivity contribution in [1.82, 2.24) is 4.90 Å². The smallest absolute Gasteiger partial charge is 0.416 e. The van der Waals surface area contributed by atoms with Crippen LogP contribution in [0.4, 0.5) is 13.2 Å². The molecule has 0 saturated heterocycles. The highest BCUT2D eigenvalue weighted by Gasteiger charge is 2.32. The molecule has 0 bridgehead atoms. The van der Waals surface area contributed by atoms with E-state index in [9.17, 15) is 18.0 Å². The van der Waals surface area contributed by atoms with Crippen LogP contribution in [0.1, 0.15) is 19.4 Å². The average molecular weight is 409 g/mol. The number of alkyl halides is 3. The molecule has 1 aliphatic heterocycles. The first-order valence-electron chi connectivity index (χ1n) is 9.23. The Balaban J connectivity index is 1.97. The van der Waals surface area contributed by atoms with Crippen molar-refractivity contribution in [1.29, 1.82) is 0 Å². The van der Waals surface area contributed by atoms with Crippen LogP contribution in [0.25, 0.3) is 11.1 Å². The summed E-state index contributed by atoms with van der Waals surface area (Å²) in [5.41, 5.74) is -0.0338. The minimum atomic E-state index is -4.56. The van der Waals surface area contributed by atoms with Crippen LogP contribution in [0.15, 0.2) is 36.4 Å². The van der Waals surface area contributed by atoms with Crippen LogP contribution >= 0.6 is 0 Å². The lowest BCUT2D eigenvalue weighted by atomic mass is 10.0. The third-order valence-electron chi connectivity index (χ3n) is 4.62. The molecule has 0 aliphatic carbocycles. The zero-order valence-corrected chi connectivity index (χ0v) is 16.4. The molecule has 0 N–H and O–H groups in total. The van der Waals surface area contributed by atoms with Gasteiger partial charge in [-0.15, -0.1) is 0 Å². The number of nitrogens with zero attached hydrogens (tertiary/aromatic N) is 1. The summed E-state index contributed by atoms with van der Waals surface area (Å²) >= 11 is 0. The molecule has 2 aromatic carbocycles. The van der Waals surface area contributed by atoms with Gasteiger partial charge in [0.05, 0.1) is 5.56 Å². The molecule has 0 fully saturated rings. The molecule has 5 nitrogen and oxygen atoms in total. The molecule has 1 aliphatic rings. The lowest BCUT2D eigenvalue weighted by molar-refractivity contribution is -0.137. The van der Waals surface area contributed by atoms with Crippen molar-refractivity contribution >= 4 is 5.91 Å². The summed E-state index contributed by atoms with van der Waals surface area (Å²) in [5, 5.41) is 0. The van der Waals surface area contributed by atoms with Gasteiger partial charge in [-0.2, -0.15) is 13.2 Å². The Labute approximate surface area is 167 Å². The number of fused-ring (bicyclic) bond motifs is 1. The van der Waals surface area contributed by atoms with Crippen molar-refractivity contribution in [3.63, 3.8) is 0 Å². The molecule has 29 heavy (non-hydrogen) atoms. The second-order valence-electron chi connectivity index (χ2n) is 6.71. The quantitative estimate of drug-likeness (QED) is 0.735. The molecule has 0 aromatic heterocycles. The summed E-state index contributed by atoms with van der Waals surface area (Å²) in [7, 11) is 1.61. The normalized spacial score (nSPS) is 14.3. The Morgan fingerprint density at radius 2 is 1.79 bits per heavy atom. The molecule has 1 atom stereocenters. The molecule has 0 spiro atoms. The number of carbonyl (C=O) groups is 1. The van der Waals surface area contributed by atoms with Gasteiger partial charge in [-0.1, -0.05) is 6.07 Å². The van der Waals surface area contributed by atoms with E-state index in [1.54, 1.807) is 32.2 Å². The third-order valence-corrected chi connectivity index (χ3v) is 4.62. The number of hydrogen-bond acceptors (Lipinski definition) is 4. The third kappa shape index (κ3) is 4.75. The van der Waals surface area contributed by atoms with E-state index in [0.29, 0.717) is 42.4 Å². The second-order valence-corrected chi connectivity index (χ2v) is 6.71. The van der Waals surface area contributed by atoms with Crippen molar-refractivity contribution in [2.24, 2.45) is 0 Å². The predicted octanol–water partition coefficient (Wildman–Crippen LogP) is 4.39. The minimum Gasteiger partial charge on any atom is -0.486 e. The average Bonchev–Trinajstić information content (AvgIpc) is 2.71. The van der Waals surface area contributed by atoms with Gasteiger partial charge in [-0.25, -0.2) is 0 Å². The number of hydrogen-bond donors (Lipinski definition) is 0. The van der Waals surface area contributed by atoms with Crippen molar-refractivity contribution in [3.8, 4) is 28.4 Å². The summed E-state index contributed by atoms with van der Waals surface area (Å²) < 4.78 is 56.9. The maximum absolute atomic E-state index is 13.4. The number of amides is 1. The lowest BCUT2D eigenvalue weighted by Crippen LogP contribution is -2.37. The Kier molecular flexibility index (Phi) is 5.91. The van der Waals surface area contributed by atoms with Gasteiger partial charge < -0.3 is 19.1 Å². The van der Waals surface area contributed by atoms with Crippen molar-refractivity contribution in [2.75, 3.05) is 26.8 Å². The molecule has 0 saturated carbocycles. The molecular formula is C21H22F3NO4. The van der Waals surface area contributed by atoms with E-state index in [4.69, 9.17) is 14.2 Å². The Morgan fingerprint density at radius 3 is 2.45 bits per heavy atom. The first-order valence-corrected chi connectivity index (χ1v) is 9.23. The highest BCUT2D eigenvalue weighted by atomic mass is 19.4. The highest BCUT2D eigenvalue weighted by molar-refractivity contribution is 5.80. The van der Waals surface area contributed by atoms with Gasteiger partial charge in [-0.05, 0) is 55.3 Å². The van der Waals surface area contributed by atoms with E-state index >= 15 is 0 Å². The molecule has 0 radical (unpaired) electrons. The first-order chi connectivity index (χ1) is 13.7. The zero-order valence-electron chi connectivity index (χ0n) is 16.4. The largest absolute Gasteiger partial charge is 0.486 e. The molecule has 1 heterocycles. The van der Waals surface area contributed by atoms with E-state index < -0.39 is 17.8 Å². The number of halogens is 3. The molecular weight excluding hydrogens is 387 g/mol. The van der Waals surface area contributed by atoms with Gasteiger partial charge in [0.25, 0.3) is 5.91 Å². The topological polar surface area (TPSA) is 48.0 Å². The molecule has 156 valence electrons. The fourth-order valence-electron chi connectivity index (χ4n) is 2.94. The highest BCUT2D eigenvalue weighted by Crippen LogP contribution is 2.39. The van der Waals surface area contributed by atoms with Crippen molar-refractivity contribution in [3.05, 3.63) is 42.0 Å². The number of carbonyl (C=O) groups excluding carboxylic acids is 1. The van der Waals surface area contributed by atoms with Gasteiger partial charge in [0.15, 0.2) is 17.6 Å². The van der Waals surface area contributed by atoms with Gasteiger partial charge >= 0.3 is 6.18 Å². The lowest BCUT2D eigenvalue weighted by Gasteiger charge is -2.22. The van der Waals surface area contributed by atoms with E-state index in [2.05, 4.69) is 0 Å². The van der Waals surface area contributed by atoms with Crippen molar-refractivity contribution < 1.29 is 32.2 Å². The van der Waals surface area contributed by atoms with Gasteiger partial charge in [-0.3, -0.25) is 4.79 Å². The van der Waals surface area contributed by atoms with Crippen LogP contribution in [-0.2, 0) is 11.0 Å². The van der Waals surface area contributed by atoms with E-state index in [-0.39, 0.29) is 11.7 Å². The monoisotopic (exact) mass is 409 g/mol. The summed E-state index contributed by atoms with van der Waals surface area (Å²) in [6, 6.07) is 8.38. The second kappa shape index (κ2) is 8.23. The molecule has 1 amide bonds. The van der Waals surface area contributed by atoms with Gasteiger partial charge in [0.1, 0.15) is 19.0 Å². The molecule has 3 rings (SSSR count). The SMILES string of the molecule is CCN(C)C(=O)C(C)Oc1cc(-c2ccc3c(c2)OCCO3)cc(C(F)(F)F)c1. The predicted molar refractivity (Wildman–Crippen MR) is 101 cm³/mol. The summed E-state index contributed by atoms with van der Waals surface area (Å²) in [6.07, 6.45) is -5.48. The maximum atomic E-state index is 13.4. The Morgan fingerprint density at radius 1 is 1.10 bits per heavy atom. The van der Waals surface area contributed by atoms with E-state index in [1.807, 2.05) is 0 Å². The fourth-order valence-corrected chi connectivity index (χ4v) is 2.94. The summed E-state index contributed by atoms with van der Waals surface area (Å²) in [5.74, 6) is 0.674. The van der Waals surface area contributed by atoms with Crippen molar-refractivity contribution in [2.45, 2.75) is 26.1 Å². The van der Waals surface area contributed by atoms with Crippen LogP contribution in [-0.4, -0.2) is 43.7 Å². The van der Waals surface area contributed by atoms with Gasteiger partial charge in [0, 0.05) is 13.6 Å². The van der Waals surface area contributed by atoms with E-state index in [1.165, 1.54) is 17.9 Å². The summed E-state index contributed by atoms with van der Waals surface area (Å²) in [6.45, 7) is 4.58. The Bertz CT molecular complexity index is 898. The molecule has 1 unspecified atom stereocenters. The number of benzene rings is 2. The van der Waals surface area contributed by atoms with Crippen LogP contribution in [0.3, 0.4) is 0 Å². The molecule has 8 heteroatoms. The zero-order chi connectivity index (χ0) is 21.2. The fraction of sp³-hybridized carbons (Fsp3) is 0.381. The number of likely N-dealkylation sites (N-methyl/N-ethyl adjacent to an activating group) is 1. The van der Waals surface area contributed by atoms with Crippen LogP contribution in [0, 0.1) is 0 Å². The van der Waals surface area contributed by atoms with E-state index in [0.717, 1.165) is 12.1 Å². The molecule has 2 aromatic rings. The van der Waals surface area contributed by atoms with Gasteiger partial charge in [0.2, 0.25) is 0 Å². The van der Waals surface area contributed by atoms with Crippen LogP contribution in [0.2, 0.25) is 0 Å². The minimum absolute atomic E-state index is 0.0323.